The summed E-state index contributed by atoms with van der Waals surface area (Å²) in [7, 11) is 0. The Morgan fingerprint density at radius 1 is 1.46 bits per heavy atom. The number of hydrogen-bond acceptors (Lipinski definition) is 1. The van der Waals surface area contributed by atoms with Crippen LogP contribution in [-0.4, -0.2) is 5.11 Å². The number of aliphatic hydroxyl groups is 1. The summed E-state index contributed by atoms with van der Waals surface area (Å²) in [6.45, 7) is 0. The highest BCUT2D eigenvalue weighted by Crippen LogP contribution is 2.33. The third-order valence-corrected chi connectivity index (χ3v) is 2.92. The SMILES string of the molecule is O[C@H]1CCCc2c(F)cc(Br)cc21. The summed E-state index contributed by atoms with van der Waals surface area (Å²) < 4.78 is 14.1. The monoisotopic (exact) mass is 244 g/mol. The lowest BCUT2D eigenvalue weighted by atomic mass is 9.89. The predicted octanol–water partition coefficient (Wildman–Crippen LogP) is 2.96. The summed E-state index contributed by atoms with van der Waals surface area (Å²) in [6.07, 6.45) is 1.86. The van der Waals surface area contributed by atoms with E-state index in [0.29, 0.717) is 10.0 Å². The maximum absolute atomic E-state index is 13.4. The first-order valence-electron chi connectivity index (χ1n) is 4.34. The number of hydrogen-bond donors (Lipinski definition) is 1. The zero-order valence-electron chi connectivity index (χ0n) is 7.06. The molecule has 0 radical (unpaired) electrons. The maximum atomic E-state index is 13.4. The van der Waals surface area contributed by atoms with E-state index in [9.17, 15) is 9.50 Å². The molecule has 0 saturated carbocycles. The molecular formula is C10H10BrFO. The van der Waals surface area contributed by atoms with Crippen molar-refractivity contribution in [2.45, 2.75) is 25.4 Å². The molecule has 1 nitrogen and oxygen atoms in total. The molecule has 1 N–H and O–H groups in total. The molecule has 0 aliphatic heterocycles. The second-order valence-electron chi connectivity index (χ2n) is 3.36. The molecule has 1 aromatic carbocycles. The highest BCUT2D eigenvalue weighted by atomic mass is 79.9. The van der Waals surface area contributed by atoms with Gasteiger partial charge in [-0.2, -0.15) is 0 Å². The van der Waals surface area contributed by atoms with Crippen molar-refractivity contribution in [2.24, 2.45) is 0 Å². The van der Waals surface area contributed by atoms with Gasteiger partial charge in [0.05, 0.1) is 6.10 Å². The van der Waals surface area contributed by atoms with E-state index >= 15 is 0 Å². The van der Waals surface area contributed by atoms with Gasteiger partial charge in [0.1, 0.15) is 5.82 Å². The number of benzene rings is 1. The lowest BCUT2D eigenvalue weighted by molar-refractivity contribution is 0.155. The molecule has 13 heavy (non-hydrogen) atoms. The Kier molecular flexibility index (Phi) is 2.39. The number of rotatable bonds is 0. The molecule has 1 aromatic rings. The van der Waals surface area contributed by atoms with Crippen LogP contribution < -0.4 is 0 Å². The van der Waals surface area contributed by atoms with Crippen molar-refractivity contribution in [3.05, 3.63) is 33.5 Å². The van der Waals surface area contributed by atoms with Gasteiger partial charge in [0, 0.05) is 4.47 Å². The molecule has 0 saturated heterocycles. The number of halogens is 2. The second kappa shape index (κ2) is 3.39. The second-order valence-corrected chi connectivity index (χ2v) is 4.28. The minimum absolute atomic E-state index is 0.205. The van der Waals surface area contributed by atoms with Crippen LogP contribution in [0.25, 0.3) is 0 Å². The van der Waals surface area contributed by atoms with Crippen molar-refractivity contribution in [2.75, 3.05) is 0 Å². The Morgan fingerprint density at radius 2 is 2.23 bits per heavy atom. The van der Waals surface area contributed by atoms with Crippen LogP contribution in [0, 0.1) is 5.82 Å². The molecule has 1 aliphatic rings. The van der Waals surface area contributed by atoms with Crippen LogP contribution in [-0.2, 0) is 6.42 Å². The van der Waals surface area contributed by atoms with Gasteiger partial charge in [-0.3, -0.25) is 0 Å². The Morgan fingerprint density at radius 3 is 3.00 bits per heavy atom. The third kappa shape index (κ3) is 1.63. The average Bonchev–Trinajstić information content (AvgIpc) is 2.07. The van der Waals surface area contributed by atoms with Crippen molar-refractivity contribution in [3.63, 3.8) is 0 Å². The van der Waals surface area contributed by atoms with E-state index in [4.69, 9.17) is 0 Å². The van der Waals surface area contributed by atoms with Crippen molar-refractivity contribution in [3.8, 4) is 0 Å². The summed E-state index contributed by atoms with van der Waals surface area (Å²) in [5, 5.41) is 9.62. The molecule has 1 atom stereocenters. The lowest BCUT2D eigenvalue weighted by Gasteiger charge is -2.21. The normalized spacial score (nSPS) is 21.3. The Hall–Kier alpha value is -0.410. The first-order chi connectivity index (χ1) is 6.18. The molecule has 0 spiro atoms. The molecule has 0 fully saturated rings. The van der Waals surface area contributed by atoms with Crippen molar-refractivity contribution in [1.82, 2.24) is 0 Å². The predicted molar refractivity (Wildman–Crippen MR) is 52.0 cm³/mol. The van der Waals surface area contributed by atoms with E-state index in [1.807, 2.05) is 6.07 Å². The summed E-state index contributed by atoms with van der Waals surface area (Å²) in [5.41, 5.74) is 1.43. The largest absolute Gasteiger partial charge is 0.388 e. The molecule has 0 heterocycles. The standard InChI is InChI=1S/C10H10BrFO/c11-6-4-8-7(9(12)5-6)2-1-3-10(8)13/h4-5,10,13H,1-3H2/t10-/m0/s1. The van der Waals surface area contributed by atoms with E-state index in [2.05, 4.69) is 15.9 Å². The van der Waals surface area contributed by atoms with Crippen LogP contribution in [0.4, 0.5) is 4.39 Å². The van der Waals surface area contributed by atoms with Gasteiger partial charge < -0.3 is 5.11 Å². The quantitative estimate of drug-likeness (QED) is 0.745. The average molecular weight is 245 g/mol. The first kappa shape index (κ1) is 9.16. The Labute approximate surface area is 84.7 Å². The van der Waals surface area contributed by atoms with Crippen LogP contribution in [0.5, 0.6) is 0 Å². The van der Waals surface area contributed by atoms with Gasteiger partial charge in [-0.15, -0.1) is 0 Å². The van der Waals surface area contributed by atoms with E-state index in [-0.39, 0.29) is 5.82 Å². The van der Waals surface area contributed by atoms with Gasteiger partial charge in [0.15, 0.2) is 0 Å². The van der Waals surface area contributed by atoms with Gasteiger partial charge in [-0.05, 0) is 42.5 Å². The minimum Gasteiger partial charge on any atom is -0.388 e. The van der Waals surface area contributed by atoms with Gasteiger partial charge >= 0.3 is 0 Å². The molecule has 1 aliphatic carbocycles. The fourth-order valence-electron chi connectivity index (χ4n) is 1.81. The molecule has 2 rings (SSSR count). The smallest absolute Gasteiger partial charge is 0.127 e. The number of aliphatic hydroxyl groups excluding tert-OH is 1. The summed E-state index contributed by atoms with van der Waals surface area (Å²) in [6, 6.07) is 3.26. The van der Waals surface area contributed by atoms with Crippen molar-refractivity contribution < 1.29 is 9.50 Å². The van der Waals surface area contributed by atoms with Crippen LogP contribution in [0.15, 0.2) is 16.6 Å². The van der Waals surface area contributed by atoms with E-state index < -0.39 is 6.10 Å². The number of fused-ring (bicyclic) bond motifs is 1. The van der Waals surface area contributed by atoms with E-state index in [0.717, 1.165) is 24.8 Å². The Balaban J connectivity index is 2.56. The van der Waals surface area contributed by atoms with Gasteiger partial charge in [0.25, 0.3) is 0 Å². The highest BCUT2D eigenvalue weighted by Gasteiger charge is 2.21. The summed E-state index contributed by atoms with van der Waals surface area (Å²) >= 11 is 3.22. The molecule has 0 unspecified atom stereocenters. The molecule has 0 amide bonds. The molecule has 3 heteroatoms. The summed E-state index contributed by atoms with van der Waals surface area (Å²) in [4.78, 5) is 0. The van der Waals surface area contributed by atoms with Crippen LogP contribution in [0.2, 0.25) is 0 Å². The maximum Gasteiger partial charge on any atom is 0.127 e. The molecule has 0 aromatic heterocycles. The topological polar surface area (TPSA) is 20.2 Å². The zero-order chi connectivity index (χ0) is 9.42. The Bertz CT molecular complexity index is 338. The van der Waals surface area contributed by atoms with Crippen LogP contribution in [0.3, 0.4) is 0 Å². The summed E-state index contributed by atoms with van der Waals surface area (Å²) in [5.74, 6) is -0.205. The fraction of sp³-hybridized carbons (Fsp3) is 0.400. The molecule has 0 bridgehead atoms. The highest BCUT2D eigenvalue weighted by molar-refractivity contribution is 9.10. The van der Waals surface area contributed by atoms with Crippen molar-refractivity contribution >= 4 is 15.9 Å². The van der Waals surface area contributed by atoms with Gasteiger partial charge in [-0.1, -0.05) is 15.9 Å². The van der Waals surface area contributed by atoms with Crippen LogP contribution >= 0.6 is 15.9 Å². The van der Waals surface area contributed by atoms with Crippen molar-refractivity contribution in [1.29, 1.82) is 0 Å². The first-order valence-corrected chi connectivity index (χ1v) is 5.13. The van der Waals surface area contributed by atoms with Gasteiger partial charge in [0.2, 0.25) is 0 Å². The third-order valence-electron chi connectivity index (χ3n) is 2.46. The minimum atomic E-state index is -0.490. The fourth-order valence-corrected chi connectivity index (χ4v) is 2.26. The van der Waals surface area contributed by atoms with E-state index in [1.54, 1.807) is 0 Å². The van der Waals surface area contributed by atoms with Gasteiger partial charge in [-0.25, -0.2) is 4.39 Å². The van der Waals surface area contributed by atoms with Crippen LogP contribution in [0.1, 0.15) is 30.1 Å². The molecular weight excluding hydrogens is 235 g/mol. The van der Waals surface area contributed by atoms with E-state index in [1.165, 1.54) is 6.07 Å². The zero-order valence-corrected chi connectivity index (χ0v) is 8.64. The molecule has 70 valence electrons. The lowest BCUT2D eigenvalue weighted by Crippen LogP contribution is -2.10.